The zero-order chi connectivity index (χ0) is 13.0. The summed E-state index contributed by atoms with van der Waals surface area (Å²) in [5.41, 5.74) is 7.68. The SMILES string of the molecule is CCOc1ccc(N)cc1CSc1nccn1C. The molecule has 0 radical (unpaired) electrons. The van der Waals surface area contributed by atoms with E-state index in [1.54, 1.807) is 18.0 Å². The molecule has 0 saturated heterocycles. The lowest BCUT2D eigenvalue weighted by Crippen LogP contribution is -1.98. The van der Waals surface area contributed by atoms with Crippen LogP contribution in [0.1, 0.15) is 12.5 Å². The van der Waals surface area contributed by atoms with Crippen molar-refractivity contribution in [1.29, 1.82) is 0 Å². The van der Waals surface area contributed by atoms with Crippen LogP contribution < -0.4 is 10.5 Å². The number of nitrogen functional groups attached to an aromatic ring is 1. The largest absolute Gasteiger partial charge is 0.494 e. The summed E-state index contributed by atoms with van der Waals surface area (Å²) in [4.78, 5) is 4.28. The van der Waals surface area contributed by atoms with E-state index in [0.29, 0.717) is 6.61 Å². The number of aryl methyl sites for hydroxylation is 1. The predicted octanol–water partition coefficient (Wildman–Crippen LogP) is 2.69. The van der Waals surface area contributed by atoms with Crippen molar-refractivity contribution in [2.45, 2.75) is 17.8 Å². The van der Waals surface area contributed by atoms with Gasteiger partial charge >= 0.3 is 0 Å². The second-order valence-corrected chi connectivity index (χ2v) is 4.85. The van der Waals surface area contributed by atoms with Crippen LogP contribution in [0.2, 0.25) is 0 Å². The lowest BCUT2D eigenvalue weighted by molar-refractivity contribution is 0.337. The van der Waals surface area contributed by atoms with E-state index < -0.39 is 0 Å². The second-order valence-electron chi connectivity index (χ2n) is 3.91. The molecule has 0 aliphatic rings. The minimum Gasteiger partial charge on any atom is -0.494 e. The number of nitrogens with two attached hydrogens (primary N) is 1. The summed E-state index contributed by atoms with van der Waals surface area (Å²) in [6, 6.07) is 5.74. The molecule has 18 heavy (non-hydrogen) atoms. The Morgan fingerprint density at radius 1 is 1.44 bits per heavy atom. The normalized spacial score (nSPS) is 10.6. The third-order valence-electron chi connectivity index (χ3n) is 2.52. The number of aromatic nitrogens is 2. The molecule has 0 saturated carbocycles. The number of nitrogens with zero attached hydrogens (tertiary/aromatic N) is 2. The molecule has 0 fully saturated rings. The van der Waals surface area contributed by atoms with Crippen LogP contribution in [0.15, 0.2) is 35.7 Å². The molecule has 0 aliphatic carbocycles. The molecule has 0 spiro atoms. The summed E-state index contributed by atoms with van der Waals surface area (Å²) in [6.07, 6.45) is 3.73. The molecule has 0 aliphatic heterocycles. The Hall–Kier alpha value is -1.62. The van der Waals surface area contributed by atoms with E-state index >= 15 is 0 Å². The number of ether oxygens (including phenoxy) is 1. The highest BCUT2D eigenvalue weighted by Crippen LogP contribution is 2.28. The van der Waals surface area contributed by atoms with Gasteiger partial charge in [0, 0.05) is 36.4 Å². The lowest BCUT2D eigenvalue weighted by Gasteiger charge is -2.10. The fraction of sp³-hybridized carbons (Fsp3) is 0.308. The van der Waals surface area contributed by atoms with Crippen LogP contribution in [0.3, 0.4) is 0 Å². The van der Waals surface area contributed by atoms with Crippen molar-refractivity contribution in [3.63, 3.8) is 0 Å². The Morgan fingerprint density at radius 2 is 2.28 bits per heavy atom. The molecule has 4 nitrogen and oxygen atoms in total. The van der Waals surface area contributed by atoms with Gasteiger partial charge in [0.05, 0.1) is 6.61 Å². The minimum atomic E-state index is 0.657. The molecular weight excluding hydrogens is 246 g/mol. The van der Waals surface area contributed by atoms with Crippen LogP contribution >= 0.6 is 11.8 Å². The van der Waals surface area contributed by atoms with Gasteiger partial charge in [0.1, 0.15) is 5.75 Å². The van der Waals surface area contributed by atoms with Gasteiger partial charge in [0.2, 0.25) is 0 Å². The average molecular weight is 263 g/mol. The Bertz CT molecular complexity index is 525. The van der Waals surface area contributed by atoms with E-state index in [2.05, 4.69) is 4.98 Å². The Kier molecular flexibility index (Phi) is 4.15. The zero-order valence-electron chi connectivity index (χ0n) is 10.6. The first-order valence-electron chi connectivity index (χ1n) is 5.82. The first kappa shape index (κ1) is 12.8. The summed E-state index contributed by atoms with van der Waals surface area (Å²) >= 11 is 1.67. The number of hydrogen-bond donors (Lipinski definition) is 1. The number of rotatable bonds is 5. The Labute approximate surface area is 111 Å². The Balaban J connectivity index is 2.12. The summed E-state index contributed by atoms with van der Waals surface area (Å²) in [5, 5.41) is 0.986. The van der Waals surface area contributed by atoms with Gasteiger partial charge < -0.3 is 15.0 Å². The van der Waals surface area contributed by atoms with Crippen molar-refractivity contribution in [3.05, 3.63) is 36.2 Å². The molecule has 96 valence electrons. The van der Waals surface area contributed by atoms with E-state index in [4.69, 9.17) is 10.5 Å². The van der Waals surface area contributed by atoms with E-state index in [1.165, 1.54) is 0 Å². The van der Waals surface area contributed by atoms with Gasteiger partial charge in [-0.05, 0) is 25.1 Å². The van der Waals surface area contributed by atoms with E-state index in [1.807, 2.05) is 42.9 Å². The van der Waals surface area contributed by atoms with Crippen LogP contribution in [0, 0.1) is 0 Å². The highest BCUT2D eigenvalue weighted by Gasteiger charge is 2.07. The third kappa shape index (κ3) is 2.98. The van der Waals surface area contributed by atoms with E-state index in [9.17, 15) is 0 Å². The standard InChI is InChI=1S/C13H17N3OS/c1-3-17-12-5-4-11(14)8-10(12)9-18-13-15-6-7-16(13)2/h4-8H,3,9,14H2,1-2H3. The summed E-state index contributed by atoms with van der Waals surface area (Å²) in [6.45, 7) is 2.63. The number of benzene rings is 1. The highest BCUT2D eigenvalue weighted by molar-refractivity contribution is 7.98. The maximum Gasteiger partial charge on any atom is 0.167 e. The lowest BCUT2D eigenvalue weighted by atomic mass is 10.2. The number of imidazole rings is 1. The first-order valence-corrected chi connectivity index (χ1v) is 6.80. The van der Waals surface area contributed by atoms with Crippen LogP contribution in [0.5, 0.6) is 5.75 Å². The van der Waals surface area contributed by atoms with E-state index in [-0.39, 0.29) is 0 Å². The molecule has 1 heterocycles. The Morgan fingerprint density at radius 3 is 2.94 bits per heavy atom. The highest BCUT2D eigenvalue weighted by atomic mass is 32.2. The van der Waals surface area contributed by atoms with Crippen LogP contribution in [-0.4, -0.2) is 16.2 Å². The maximum atomic E-state index is 5.82. The number of hydrogen-bond acceptors (Lipinski definition) is 4. The summed E-state index contributed by atoms with van der Waals surface area (Å²) < 4.78 is 7.59. The fourth-order valence-corrected chi connectivity index (χ4v) is 2.55. The average Bonchev–Trinajstić information content (AvgIpc) is 2.75. The van der Waals surface area contributed by atoms with Gasteiger partial charge in [0.15, 0.2) is 5.16 Å². The molecule has 5 heteroatoms. The van der Waals surface area contributed by atoms with Crippen molar-refractivity contribution < 1.29 is 4.74 Å². The smallest absolute Gasteiger partial charge is 0.167 e. The minimum absolute atomic E-state index is 0.657. The molecule has 2 aromatic rings. The maximum absolute atomic E-state index is 5.82. The molecular formula is C13H17N3OS. The van der Waals surface area contributed by atoms with Crippen molar-refractivity contribution in [2.75, 3.05) is 12.3 Å². The van der Waals surface area contributed by atoms with Gasteiger partial charge in [-0.25, -0.2) is 4.98 Å². The van der Waals surface area contributed by atoms with Gasteiger partial charge in [-0.1, -0.05) is 11.8 Å². The molecule has 1 aromatic carbocycles. The quantitative estimate of drug-likeness (QED) is 0.665. The fourth-order valence-electron chi connectivity index (χ4n) is 1.64. The van der Waals surface area contributed by atoms with Gasteiger partial charge in [-0.15, -0.1) is 0 Å². The van der Waals surface area contributed by atoms with Crippen molar-refractivity contribution >= 4 is 17.4 Å². The first-order chi connectivity index (χ1) is 8.70. The van der Waals surface area contributed by atoms with Crippen molar-refractivity contribution in [1.82, 2.24) is 9.55 Å². The van der Waals surface area contributed by atoms with Crippen molar-refractivity contribution in [3.8, 4) is 5.75 Å². The predicted molar refractivity (Wildman–Crippen MR) is 74.8 cm³/mol. The monoisotopic (exact) mass is 263 g/mol. The van der Waals surface area contributed by atoms with Gasteiger partial charge in [-0.3, -0.25) is 0 Å². The summed E-state index contributed by atoms with van der Waals surface area (Å²) in [5.74, 6) is 1.69. The number of anilines is 1. The molecule has 0 amide bonds. The molecule has 0 bridgehead atoms. The molecule has 0 unspecified atom stereocenters. The summed E-state index contributed by atoms with van der Waals surface area (Å²) in [7, 11) is 1.98. The van der Waals surface area contributed by atoms with Crippen LogP contribution in [-0.2, 0) is 12.8 Å². The van der Waals surface area contributed by atoms with Gasteiger partial charge in [-0.2, -0.15) is 0 Å². The van der Waals surface area contributed by atoms with Crippen LogP contribution in [0.25, 0.3) is 0 Å². The van der Waals surface area contributed by atoms with E-state index in [0.717, 1.165) is 27.9 Å². The second kappa shape index (κ2) is 5.82. The number of thioether (sulfide) groups is 1. The van der Waals surface area contributed by atoms with Gasteiger partial charge in [0.25, 0.3) is 0 Å². The molecule has 0 atom stereocenters. The van der Waals surface area contributed by atoms with Crippen molar-refractivity contribution in [2.24, 2.45) is 7.05 Å². The molecule has 2 rings (SSSR count). The zero-order valence-corrected chi connectivity index (χ0v) is 11.4. The molecule has 2 N–H and O–H groups in total. The van der Waals surface area contributed by atoms with Crippen LogP contribution in [0.4, 0.5) is 5.69 Å². The third-order valence-corrected chi connectivity index (χ3v) is 3.63. The molecule has 1 aromatic heterocycles. The topological polar surface area (TPSA) is 53.1 Å².